The molecule has 9 heteroatoms. The summed E-state index contributed by atoms with van der Waals surface area (Å²) in [7, 11) is 1.64. The lowest BCUT2D eigenvalue weighted by Gasteiger charge is -2.46. The maximum atomic E-state index is 13.4. The topological polar surface area (TPSA) is 57.2 Å². The highest BCUT2D eigenvalue weighted by Crippen LogP contribution is 2.44. The molecule has 1 saturated heterocycles. The number of carbonyl (C=O) groups is 1. The zero-order valence-electron chi connectivity index (χ0n) is 29.7. The number of hydrogen-bond acceptors (Lipinski definition) is 6. The highest BCUT2D eigenvalue weighted by atomic mass is 19.4. The molecule has 1 aliphatic heterocycles. The maximum Gasteiger partial charge on any atom is 0.390 e. The Morgan fingerprint density at radius 3 is 2.20 bits per heavy atom. The van der Waals surface area contributed by atoms with Crippen LogP contribution in [0.3, 0.4) is 0 Å². The van der Waals surface area contributed by atoms with Crippen LogP contribution in [0.15, 0.2) is 78.9 Å². The molecule has 1 aliphatic carbocycles. The summed E-state index contributed by atoms with van der Waals surface area (Å²) in [5.74, 6) is 1.66. The largest absolute Gasteiger partial charge is 0.497 e. The minimum atomic E-state index is -4.23. The molecular formula is C41H52F3NO5. The van der Waals surface area contributed by atoms with Crippen molar-refractivity contribution in [2.24, 2.45) is 5.92 Å². The Labute approximate surface area is 295 Å². The van der Waals surface area contributed by atoms with Gasteiger partial charge in [-0.2, -0.15) is 13.2 Å². The Morgan fingerprint density at radius 2 is 1.56 bits per heavy atom. The minimum Gasteiger partial charge on any atom is -0.497 e. The fourth-order valence-corrected chi connectivity index (χ4v) is 7.56. The van der Waals surface area contributed by atoms with Gasteiger partial charge in [0.2, 0.25) is 0 Å². The van der Waals surface area contributed by atoms with Gasteiger partial charge in [0.25, 0.3) is 0 Å². The number of ether oxygens (including phenoxy) is 4. The summed E-state index contributed by atoms with van der Waals surface area (Å²) in [6.07, 6.45) is 1.24. The van der Waals surface area contributed by atoms with Gasteiger partial charge in [-0.25, -0.2) is 0 Å². The van der Waals surface area contributed by atoms with E-state index in [0.29, 0.717) is 38.6 Å². The molecule has 6 nitrogen and oxygen atoms in total. The van der Waals surface area contributed by atoms with E-state index in [4.69, 9.17) is 18.9 Å². The minimum absolute atomic E-state index is 0.0661. The average molecular weight is 696 g/mol. The van der Waals surface area contributed by atoms with Gasteiger partial charge in [-0.15, -0.1) is 0 Å². The van der Waals surface area contributed by atoms with Crippen LogP contribution in [0.25, 0.3) is 0 Å². The molecule has 0 spiro atoms. The van der Waals surface area contributed by atoms with Gasteiger partial charge < -0.3 is 18.9 Å². The van der Waals surface area contributed by atoms with Crippen molar-refractivity contribution in [1.82, 2.24) is 4.90 Å². The fourth-order valence-electron chi connectivity index (χ4n) is 7.56. The SMILES string of the molecule is COc1ccc(C2(CCN(CCC(F)(F)F)Cc3ccc(OC4CCC(CC(=O)OCc5ccccc5)CC4)cc3)CCOC(C)(C)C2)cc1. The highest BCUT2D eigenvalue weighted by molar-refractivity contribution is 5.69. The molecule has 2 fully saturated rings. The molecule has 0 bridgehead atoms. The first-order valence-corrected chi connectivity index (χ1v) is 17.9. The van der Waals surface area contributed by atoms with E-state index in [1.807, 2.05) is 71.6 Å². The normalized spacial score (nSPS) is 22.2. The molecule has 5 rings (SSSR count). The first kappa shape index (κ1) is 37.7. The molecule has 0 radical (unpaired) electrons. The van der Waals surface area contributed by atoms with Crippen LogP contribution in [0, 0.1) is 5.92 Å². The van der Waals surface area contributed by atoms with Gasteiger partial charge in [0.1, 0.15) is 18.1 Å². The van der Waals surface area contributed by atoms with Crippen molar-refractivity contribution in [2.75, 3.05) is 26.8 Å². The van der Waals surface area contributed by atoms with Crippen LogP contribution in [0.4, 0.5) is 13.2 Å². The molecular weight excluding hydrogens is 643 g/mol. The molecule has 0 N–H and O–H groups in total. The lowest BCUT2D eigenvalue weighted by molar-refractivity contribution is -0.146. The number of alkyl halides is 3. The Kier molecular flexibility index (Phi) is 12.9. The zero-order chi connectivity index (χ0) is 35.6. The summed E-state index contributed by atoms with van der Waals surface area (Å²) in [6.45, 7) is 5.96. The molecule has 272 valence electrons. The van der Waals surface area contributed by atoms with Crippen LogP contribution in [0.5, 0.6) is 11.5 Å². The van der Waals surface area contributed by atoms with Gasteiger partial charge in [0, 0.05) is 31.5 Å². The second-order valence-corrected chi connectivity index (χ2v) is 14.7. The van der Waals surface area contributed by atoms with Crippen molar-refractivity contribution in [3.05, 3.63) is 95.6 Å². The lowest BCUT2D eigenvalue weighted by atomic mass is 9.67. The first-order valence-electron chi connectivity index (χ1n) is 17.9. The average Bonchev–Trinajstić information content (AvgIpc) is 3.10. The molecule has 50 heavy (non-hydrogen) atoms. The third kappa shape index (κ3) is 11.5. The number of carbonyl (C=O) groups excluding carboxylic acids is 1. The molecule has 1 unspecified atom stereocenters. The number of rotatable bonds is 15. The van der Waals surface area contributed by atoms with E-state index in [1.54, 1.807) is 7.11 Å². The maximum absolute atomic E-state index is 13.4. The number of benzene rings is 3. The monoisotopic (exact) mass is 695 g/mol. The van der Waals surface area contributed by atoms with E-state index < -0.39 is 12.6 Å². The van der Waals surface area contributed by atoms with Gasteiger partial charge in [0.05, 0.1) is 25.2 Å². The van der Waals surface area contributed by atoms with Crippen molar-refractivity contribution < 1.29 is 36.9 Å². The summed E-state index contributed by atoms with van der Waals surface area (Å²) >= 11 is 0. The zero-order valence-corrected chi connectivity index (χ0v) is 29.7. The number of nitrogens with zero attached hydrogens (tertiary/aromatic N) is 1. The Morgan fingerprint density at radius 1 is 0.880 bits per heavy atom. The lowest BCUT2D eigenvalue weighted by Crippen LogP contribution is -2.45. The van der Waals surface area contributed by atoms with Crippen molar-refractivity contribution in [3.63, 3.8) is 0 Å². The van der Waals surface area contributed by atoms with Crippen LogP contribution >= 0.6 is 0 Å². The van der Waals surface area contributed by atoms with E-state index in [1.165, 1.54) is 5.56 Å². The Bertz CT molecular complexity index is 1470. The van der Waals surface area contributed by atoms with Gasteiger partial charge in [-0.05, 0) is 112 Å². The van der Waals surface area contributed by atoms with E-state index in [0.717, 1.165) is 67.6 Å². The summed E-state index contributed by atoms with van der Waals surface area (Å²) in [5.41, 5.74) is 2.55. The van der Waals surface area contributed by atoms with Crippen molar-refractivity contribution in [2.45, 2.75) is 108 Å². The third-order valence-corrected chi connectivity index (χ3v) is 10.3. The molecule has 0 amide bonds. The molecule has 1 saturated carbocycles. The van der Waals surface area contributed by atoms with Crippen LogP contribution in [0.2, 0.25) is 0 Å². The standard InChI is InChI=1S/C41H52F3NO5/c1-39(2)30-40(23-26-49-39,34-13-19-35(47-3)20-14-34)21-24-45(25-22-41(42,43)44)28-32-11-17-37(18-12-32)50-36-15-9-31(10-16-36)27-38(46)48-29-33-7-5-4-6-8-33/h4-8,11-14,17-20,31,36H,9-10,15-16,21-30H2,1-3H3. The Balaban J connectivity index is 1.15. The molecule has 2 aliphatic rings. The molecule has 1 atom stereocenters. The van der Waals surface area contributed by atoms with Gasteiger partial charge >= 0.3 is 12.1 Å². The van der Waals surface area contributed by atoms with Crippen molar-refractivity contribution in [1.29, 1.82) is 0 Å². The van der Waals surface area contributed by atoms with Crippen LogP contribution < -0.4 is 9.47 Å². The molecule has 1 heterocycles. The van der Waals surface area contributed by atoms with Crippen molar-refractivity contribution >= 4 is 5.97 Å². The van der Waals surface area contributed by atoms with E-state index in [-0.39, 0.29) is 29.6 Å². The summed E-state index contributed by atoms with van der Waals surface area (Å²) in [5, 5.41) is 0. The van der Waals surface area contributed by atoms with Crippen LogP contribution in [-0.2, 0) is 32.8 Å². The number of esters is 1. The number of hydrogen-bond donors (Lipinski definition) is 0. The second kappa shape index (κ2) is 17.1. The van der Waals surface area contributed by atoms with E-state index >= 15 is 0 Å². The molecule has 3 aromatic carbocycles. The van der Waals surface area contributed by atoms with E-state index in [2.05, 4.69) is 26.0 Å². The number of halogens is 3. The predicted molar refractivity (Wildman–Crippen MR) is 188 cm³/mol. The Hall–Kier alpha value is -3.56. The highest BCUT2D eigenvalue weighted by Gasteiger charge is 2.42. The fraction of sp³-hybridized carbons (Fsp3) is 0.537. The van der Waals surface area contributed by atoms with Gasteiger partial charge in [0.15, 0.2) is 0 Å². The first-order chi connectivity index (χ1) is 23.9. The quantitative estimate of drug-likeness (QED) is 0.148. The smallest absolute Gasteiger partial charge is 0.390 e. The number of methoxy groups -OCH3 is 1. The third-order valence-electron chi connectivity index (χ3n) is 10.3. The van der Waals surface area contributed by atoms with Crippen molar-refractivity contribution in [3.8, 4) is 11.5 Å². The second-order valence-electron chi connectivity index (χ2n) is 14.7. The molecule has 0 aromatic heterocycles. The summed E-state index contributed by atoms with van der Waals surface area (Å²) in [6, 6.07) is 25.5. The van der Waals surface area contributed by atoms with Crippen LogP contribution in [-0.4, -0.2) is 55.6 Å². The van der Waals surface area contributed by atoms with E-state index in [9.17, 15) is 18.0 Å². The molecule has 3 aromatic rings. The summed E-state index contributed by atoms with van der Waals surface area (Å²) < 4.78 is 63.5. The predicted octanol–water partition coefficient (Wildman–Crippen LogP) is 9.44. The van der Waals surface area contributed by atoms with Gasteiger partial charge in [-0.1, -0.05) is 54.6 Å². The van der Waals surface area contributed by atoms with Gasteiger partial charge in [-0.3, -0.25) is 9.69 Å². The van der Waals surface area contributed by atoms with Crippen LogP contribution in [0.1, 0.15) is 88.3 Å². The summed E-state index contributed by atoms with van der Waals surface area (Å²) in [4.78, 5) is 14.3.